The van der Waals surface area contributed by atoms with Crippen molar-refractivity contribution < 1.29 is 14.4 Å². The molecule has 2 aliphatic rings. The lowest BCUT2D eigenvalue weighted by Crippen LogP contribution is -2.41. The van der Waals surface area contributed by atoms with Crippen molar-refractivity contribution in [2.45, 2.75) is 36.1 Å². The molecule has 0 bridgehead atoms. The topological polar surface area (TPSA) is 88.5 Å². The number of carbonyl (C=O) groups excluding carboxylic acids is 3. The van der Waals surface area contributed by atoms with Crippen LogP contribution in [-0.2, 0) is 26.3 Å². The van der Waals surface area contributed by atoms with Gasteiger partial charge in [-0.25, -0.2) is 4.90 Å². The summed E-state index contributed by atoms with van der Waals surface area (Å²) in [6.07, 6.45) is 0. The molecule has 5 rings (SSSR count). The van der Waals surface area contributed by atoms with Crippen LogP contribution in [0.2, 0.25) is 5.02 Å². The molecule has 1 saturated heterocycles. The highest BCUT2D eigenvalue weighted by Gasteiger charge is 2.59. The van der Waals surface area contributed by atoms with E-state index in [-0.39, 0.29) is 29.1 Å². The Hall–Kier alpha value is -2.40. The number of thiazole rings is 1. The Labute approximate surface area is 222 Å². The minimum atomic E-state index is -0.760. The van der Waals surface area contributed by atoms with Crippen molar-refractivity contribution in [3.63, 3.8) is 0 Å². The highest BCUT2D eigenvalue weighted by Crippen LogP contribution is 2.54. The zero-order chi connectivity index (χ0) is 25.1. The Morgan fingerprint density at radius 3 is 2.37 bits per heavy atom. The number of anilines is 2. The molecule has 3 aromatic rings. The van der Waals surface area contributed by atoms with E-state index in [1.54, 1.807) is 48.5 Å². The monoisotopic (exact) mass is 591 g/mol. The van der Waals surface area contributed by atoms with Crippen molar-refractivity contribution in [1.29, 1.82) is 0 Å². The van der Waals surface area contributed by atoms with Crippen LogP contribution in [0.4, 0.5) is 11.4 Å². The lowest BCUT2D eigenvalue weighted by atomic mass is 9.76. The fourth-order valence-corrected chi connectivity index (χ4v) is 7.92. The Morgan fingerprint density at radius 2 is 1.71 bits per heavy atom. The number of hydrogen-bond donors (Lipinski definition) is 1. The van der Waals surface area contributed by atoms with Crippen molar-refractivity contribution >= 4 is 79.7 Å². The summed E-state index contributed by atoms with van der Waals surface area (Å²) in [5.41, 5.74) is 0.313. The molecule has 0 radical (unpaired) electrons. The van der Waals surface area contributed by atoms with Crippen LogP contribution in [0.25, 0.3) is 0 Å². The Balaban J connectivity index is 1.46. The molecule has 0 unspecified atom stereocenters. The smallest absolute Gasteiger partial charge is 0.308 e. The molecule has 0 aliphatic carbocycles. The van der Waals surface area contributed by atoms with E-state index in [9.17, 15) is 19.2 Å². The second-order valence-corrected chi connectivity index (χ2v) is 12.3. The third-order valence-electron chi connectivity index (χ3n) is 6.22. The first-order valence-corrected chi connectivity index (χ1v) is 13.5. The molecule has 0 saturated carbocycles. The average Bonchev–Trinajstić information content (AvgIpc) is 3.25. The van der Waals surface area contributed by atoms with Gasteiger partial charge in [0.15, 0.2) is 0 Å². The van der Waals surface area contributed by atoms with Gasteiger partial charge in [-0.1, -0.05) is 64.5 Å². The van der Waals surface area contributed by atoms with Crippen LogP contribution in [0.15, 0.2) is 62.8 Å². The van der Waals surface area contributed by atoms with Gasteiger partial charge in [-0.05, 0) is 48.5 Å². The fraction of sp³-hybridized carbons (Fsp3) is 0.250. The Kier molecular flexibility index (Phi) is 6.19. The third-order valence-corrected chi connectivity index (χ3v) is 9.82. The molecule has 2 aromatic carbocycles. The minimum absolute atomic E-state index is 0.202. The highest BCUT2D eigenvalue weighted by molar-refractivity contribution is 9.10. The van der Waals surface area contributed by atoms with Crippen LogP contribution in [0.1, 0.15) is 18.7 Å². The molecule has 2 aliphatic heterocycles. The molecule has 35 heavy (non-hydrogen) atoms. The molecule has 7 nitrogen and oxygen atoms in total. The first-order chi connectivity index (χ1) is 16.6. The van der Waals surface area contributed by atoms with E-state index < -0.39 is 16.6 Å². The van der Waals surface area contributed by atoms with Gasteiger partial charge >= 0.3 is 4.87 Å². The van der Waals surface area contributed by atoms with E-state index in [1.807, 2.05) is 13.8 Å². The van der Waals surface area contributed by atoms with Gasteiger partial charge in [-0.2, -0.15) is 0 Å². The lowest BCUT2D eigenvalue weighted by molar-refractivity contribution is -0.123. The number of halogens is 2. The van der Waals surface area contributed by atoms with Crippen LogP contribution >= 0.6 is 50.6 Å². The van der Waals surface area contributed by atoms with E-state index in [4.69, 9.17) is 11.6 Å². The number of nitrogens with one attached hydrogen (secondary N) is 1. The molecule has 180 valence electrons. The Morgan fingerprint density at radius 1 is 1.06 bits per heavy atom. The molecule has 2 atom stereocenters. The summed E-state index contributed by atoms with van der Waals surface area (Å²) in [6.45, 7) is 3.56. The molecule has 0 spiro atoms. The lowest BCUT2D eigenvalue weighted by Gasteiger charge is -2.36. The quantitative estimate of drug-likeness (QED) is 0.435. The number of benzene rings is 2. The van der Waals surface area contributed by atoms with E-state index in [0.717, 1.165) is 15.8 Å². The normalized spacial score (nSPS) is 20.5. The molecule has 1 N–H and O–H groups in total. The van der Waals surface area contributed by atoms with Crippen molar-refractivity contribution in [1.82, 2.24) is 4.57 Å². The maximum Gasteiger partial charge on any atom is 0.308 e. The summed E-state index contributed by atoms with van der Waals surface area (Å²) in [7, 11) is 0. The first kappa shape index (κ1) is 24.3. The zero-order valence-corrected chi connectivity index (χ0v) is 22.6. The van der Waals surface area contributed by atoms with Crippen LogP contribution in [0.5, 0.6) is 0 Å². The number of aromatic nitrogens is 1. The van der Waals surface area contributed by atoms with Gasteiger partial charge in [0.1, 0.15) is 11.8 Å². The van der Waals surface area contributed by atoms with Crippen LogP contribution in [0, 0.1) is 5.92 Å². The fourth-order valence-electron chi connectivity index (χ4n) is 4.49. The zero-order valence-electron chi connectivity index (χ0n) is 18.6. The second-order valence-electron chi connectivity index (χ2n) is 8.87. The molecular formula is C24H19BrClN3O4S2. The van der Waals surface area contributed by atoms with E-state index in [1.165, 1.54) is 21.2 Å². The van der Waals surface area contributed by atoms with Crippen molar-refractivity contribution in [3.05, 3.63) is 72.6 Å². The standard InChI is InChI=1S/C24H19BrClN3O4S2/c1-24(2)17-18(21(32)29(20(17)31)15-9-3-12(25)4-10-15)34-22-19(24)35-23(33)28(22)11-16(30)27-14-7-5-13(26)6-8-14/h3-10,17-18H,11H2,1-2H3,(H,27,30)/t17-,18+/m1/s1. The van der Waals surface area contributed by atoms with E-state index >= 15 is 0 Å². The summed E-state index contributed by atoms with van der Waals surface area (Å²) >= 11 is 11.5. The van der Waals surface area contributed by atoms with E-state index in [0.29, 0.717) is 26.3 Å². The predicted molar refractivity (Wildman–Crippen MR) is 141 cm³/mol. The highest BCUT2D eigenvalue weighted by atomic mass is 79.9. The van der Waals surface area contributed by atoms with Gasteiger partial charge in [0, 0.05) is 25.5 Å². The van der Waals surface area contributed by atoms with Gasteiger partial charge in [-0.15, -0.1) is 0 Å². The van der Waals surface area contributed by atoms with Crippen molar-refractivity contribution in [3.8, 4) is 0 Å². The van der Waals surface area contributed by atoms with Crippen molar-refractivity contribution in [2.75, 3.05) is 10.2 Å². The minimum Gasteiger partial charge on any atom is -0.325 e. The number of amides is 3. The number of rotatable bonds is 4. The number of thioether (sulfide) groups is 1. The summed E-state index contributed by atoms with van der Waals surface area (Å²) in [5.74, 6) is -1.59. The molecule has 1 aromatic heterocycles. The summed E-state index contributed by atoms with van der Waals surface area (Å²) in [5, 5.41) is 3.19. The van der Waals surface area contributed by atoms with Gasteiger partial charge in [0.25, 0.3) is 0 Å². The average molecular weight is 593 g/mol. The third kappa shape index (κ3) is 4.16. The van der Waals surface area contributed by atoms with Crippen molar-refractivity contribution in [2.24, 2.45) is 5.92 Å². The van der Waals surface area contributed by atoms with Gasteiger partial charge in [0.05, 0.1) is 16.6 Å². The summed E-state index contributed by atoms with van der Waals surface area (Å²) in [6, 6.07) is 13.7. The van der Waals surface area contributed by atoms with Crippen LogP contribution < -0.4 is 15.1 Å². The number of nitrogens with zero attached hydrogens (tertiary/aromatic N) is 2. The van der Waals surface area contributed by atoms with Gasteiger partial charge in [0.2, 0.25) is 17.7 Å². The first-order valence-electron chi connectivity index (χ1n) is 10.7. The number of imide groups is 1. The molecule has 11 heteroatoms. The summed E-state index contributed by atoms with van der Waals surface area (Å²) in [4.78, 5) is 54.2. The van der Waals surface area contributed by atoms with Gasteiger partial charge in [-0.3, -0.25) is 23.7 Å². The maximum absolute atomic E-state index is 13.5. The number of fused-ring (bicyclic) bond motifs is 2. The Bertz CT molecular complexity index is 1420. The molecule has 1 fully saturated rings. The maximum atomic E-state index is 13.5. The molecule has 3 amide bonds. The molecular weight excluding hydrogens is 574 g/mol. The van der Waals surface area contributed by atoms with Gasteiger partial charge < -0.3 is 5.32 Å². The summed E-state index contributed by atoms with van der Waals surface area (Å²) < 4.78 is 2.24. The predicted octanol–water partition coefficient (Wildman–Crippen LogP) is 4.91. The second kappa shape index (κ2) is 8.92. The largest absolute Gasteiger partial charge is 0.325 e. The SMILES string of the molecule is CC1(C)c2sc(=O)n(CC(=O)Nc3ccc(Cl)cc3)c2S[C@@H]2C(=O)N(c3ccc(Br)cc3)C(=O)[C@@H]21. The van der Waals surface area contributed by atoms with E-state index in [2.05, 4.69) is 21.2 Å². The van der Waals surface area contributed by atoms with Crippen LogP contribution in [0.3, 0.4) is 0 Å². The van der Waals surface area contributed by atoms with Crippen LogP contribution in [-0.4, -0.2) is 27.5 Å². The number of hydrogen-bond acceptors (Lipinski definition) is 6. The number of carbonyl (C=O) groups is 3. The molecule has 3 heterocycles.